The lowest BCUT2D eigenvalue weighted by atomic mass is 9.97. The minimum absolute atomic E-state index is 0.00794. The molecule has 0 aliphatic carbocycles. The van der Waals surface area contributed by atoms with Gasteiger partial charge in [0, 0.05) is 5.92 Å². The molecule has 4 heteroatoms. The predicted molar refractivity (Wildman–Crippen MR) is 83.8 cm³/mol. The van der Waals surface area contributed by atoms with E-state index in [4.69, 9.17) is 4.18 Å². The normalized spacial score (nSPS) is 14.6. The summed E-state index contributed by atoms with van der Waals surface area (Å²) in [5.41, 5.74) is 2.07. The lowest BCUT2D eigenvalue weighted by Gasteiger charge is -2.20. The van der Waals surface area contributed by atoms with Crippen molar-refractivity contribution in [3.05, 3.63) is 65.7 Å². The topological polar surface area (TPSA) is 43.4 Å². The van der Waals surface area contributed by atoms with Crippen LogP contribution < -0.4 is 0 Å². The molecular formula is C17H20O3S. The maximum Gasteiger partial charge on any atom is 0.297 e. The van der Waals surface area contributed by atoms with Crippen LogP contribution in [0.25, 0.3) is 0 Å². The summed E-state index contributed by atoms with van der Waals surface area (Å²) >= 11 is 0. The average molecular weight is 304 g/mol. The zero-order valence-corrected chi connectivity index (χ0v) is 13.3. The molecule has 0 aliphatic rings. The van der Waals surface area contributed by atoms with E-state index in [2.05, 4.69) is 0 Å². The Kier molecular flexibility index (Phi) is 4.80. The van der Waals surface area contributed by atoms with Crippen molar-refractivity contribution in [2.75, 3.05) is 0 Å². The third-order valence-corrected chi connectivity index (χ3v) is 5.02. The molecule has 0 N–H and O–H groups in total. The van der Waals surface area contributed by atoms with Crippen LogP contribution >= 0.6 is 0 Å². The Morgan fingerprint density at radius 2 is 1.48 bits per heavy atom. The molecule has 112 valence electrons. The molecule has 0 saturated heterocycles. The molecule has 0 heterocycles. The molecule has 3 nitrogen and oxygen atoms in total. The van der Waals surface area contributed by atoms with Crippen LogP contribution in [0.4, 0.5) is 0 Å². The van der Waals surface area contributed by atoms with Crippen molar-refractivity contribution in [2.45, 2.75) is 37.7 Å². The Morgan fingerprint density at radius 3 is 2.05 bits per heavy atom. The fourth-order valence-electron chi connectivity index (χ4n) is 2.07. The second kappa shape index (κ2) is 6.41. The predicted octanol–water partition coefficient (Wildman–Crippen LogP) is 3.89. The summed E-state index contributed by atoms with van der Waals surface area (Å²) in [6, 6.07) is 16.4. The second-order valence-electron chi connectivity index (χ2n) is 5.27. The van der Waals surface area contributed by atoms with Gasteiger partial charge < -0.3 is 0 Å². The molecule has 21 heavy (non-hydrogen) atoms. The van der Waals surface area contributed by atoms with Crippen LogP contribution in [0.1, 0.15) is 30.9 Å². The van der Waals surface area contributed by atoms with Gasteiger partial charge in [0.25, 0.3) is 10.1 Å². The number of benzene rings is 2. The summed E-state index contributed by atoms with van der Waals surface area (Å²) in [5, 5.41) is 0. The molecule has 0 fully saturated rings. The minimum atomic E-state index is -3.73. The van der Waals surface area contributed by atoms with Crippen LogP contribution in [0.15, 0.2) is 59.5 Å². The monoisotopic (exact) mass is 304 g/mol. The van der Waals surface area contributed by atoms with Gasteiger partial charge in [-0.3, -0.25) is 4.18 Å². The first kappa shape index (κ1) is 15.7. The van der Waals surface area contributed by atoms with E-state index in [-0.39, 0.29) is 10.8 Å². The number of aryl methyl sites for hydroxylation is 1. The van der Waals surface area contributed by atoms with Gasteiger partial charge in [-0.15, -0.1) is 0 Å². The van der Waals surface area contributed by atoms with Gasteiger partial charge in [-0.2, -0.15) is 8.42 Å². The van der Waals surface area contributed by atoms with Gasteiger partial charge in [0.1, 0.15) is 0 Å². The van der Waals surface area contributed by atoms with Crippen LogP contribution in [0.5, 0.6) is 0 Å². The van der Waals surface area contributed by atoms with Crippen molar-refractivity contribution in [1.29, 1.82) is 0 Å². The Morgan fingerprint density at radius 1 is 0.905 bits per heavy atom. The standard InChI is InChI=1S/C17H20O3S/c1-13-9-11-17(12-10-13)21(18,19)20-15(3)14(2)16-7-5-4-6-8-16/h4-12,14-15H,1-3H3/t14-,15+/m0/s1. The van der Waals surface area contributed by atoms with E-state index >= 15 is 0 Å². The summed E-state index contributed by atoms with van der Waals surface area (Å²) in [4.78, 5) is 0.195. The third-order valence-electron chi connectivity index (χ3n) is 3.62. The minimum Gasteiger partial charge on any atom is -0.263 e. The quantitative estimate of drug-likeness (QED) is 0.787. The highest BCUT2D eigenvalue weighted by Gasteiger charge is 2.23. The van der Waals surface area contributed by atoms with E-state index < -0.39 is 16.2 Å². The molecule has 0 aliphatic heterocycles. The van der Waals surface area contributed by atoms with E-state index in [0.29, 0.717) is 0 Å². The largest absolute Gasteiger partial charge is 0.297 e. The Labute approximate surface area is 126 Å². The van der Waals surface area contributed by atoms with Crippen molar-refractivity contribution >= 4 is 10.1 Å². The zero-order valence-electron chi connectivity index (χ0n) is 12.5. The fourth-order valence-corrected chi connectivity index (χ4v) is 3.22. The van der Waals surface area contributed by atoms with Crippen LogP contribution in [0.2, 0.25) is 0 Å². The van der Waals surface area contributed by atoms with E-state index in [1.165, 1.54) is 0 Å². The van der Waals surface area contributed by atoms with Gasteiger partial charge >= 0.3 is 0 Å². The van der Waals surface area contributed by atoms with Crippen LogP contribution in [-0.4, -0.2) is 14.5 Å². The van der Waals surface area contributed by atoms with Gasteiger partial charge in [0.2, 0.25) is 0 Å². The first-order valence-corrected chi connectivity index (χ1v) is 8.36. The van der Waals surface area contributed by atoms with Gasteiger partial charge in [-0.05, 0) is 31.5 Å². The maximum atomic E-state index is 12.3. The lowest BCUT2D eigenvalue weighted by molar-refractivity contribution is 0.203. The smallest absolute Gasteiger partial charge is 0.263 e. The van der Waals surface area contributed by atoms with Gasteiger partial charge in [-0.25, -0.2) is 0 Å². The Balaban J connectivity index is 2.14. The lowest BCUT2D eigenvalue weighted by Crippen LogP contribution is -2.21. The molecular weight excluding hydrogens is 284 g/mol. The molecule has 0 amide bonds. The molecule has 0 spiro atoms. The summed E-state index contributed by atoms with van der Waals surface area (Å²) < 4.78 is 29.9. The molecule has 0 aromatic heterocycles. The van der Waals surface area contributed by atoms with Crippen molar-refractivity contribution < 1.29 is 12.6 Å². The number of hydrogen-bond acceptors (Lipinski definition) is 3. The average Bonchev–Trinajstić information content (AvgIpc) is 2.47. The van der Waals surface area contributed by atoms with Crippen molar-refractivity contribution in [2.24, 2.45) is 0 Å². The van der Waals surface area contributed by atoms with Crippen molar-refractivity contribution in [3.63, 3.8) is 0 Å². The van der Waals surface area contributed by atoms with Crippen molar-refractivity contribution in [3.8, 4) is 0 Å². The first-order chi connectivity index (χ1) is 9.90. The molecule has 2 aromatic carbocycles. The molecule has 2 aromatic rings. The number of rotatable bonds is 5. The van der Waals surface area contributed by atoms with E-state index in [1.807, 2.05) is 44.2 Å². The van der Waals surface area contributed by atoms with Gasteiger partial charge in [-0.1, -0.05) is 55.0 Å². The summed E-state index contributed by atoms with van der Waals surface area (Å²) in [5.74, 6) is -0.00794. The Hall–Kier alpha value is -1.65. The maximum absolute atomic E-state index is 12.3. The molecule has 2 atom stereocenters. The van der Waals surface area contributed by atoms with Crippen molar-refractivity contribution in [1.82, 2.24) is 0 Å². The van der Waals surface area contributed by atoms with Crippen LogP contribution in [0.3, 0.4) is 0 Å². The SMILES string of the molecule is Cc1ccc(S(=O)(=O)O[C@H](C)[C@H](C)c2ccccc2)cc1. The van der Waals surface area contributed by atoms with Gasteiger partial charge in [0.05, 0.1) is 11.0 Å². The van der Waals surface area contributed by atoms with Gasteiger partial charge in [0.15, 0.2) is 0 Å². The molecule has 2 rings (SSSR count). The fraction of sp³-hybridized carbons (Fsp3) is 0.294. The highest BCUT2D eigenvalue weighted by atomic mass is 32.2. The molecule has 0 bridgehead atoms. The molecule has 0 unspecified atom stereocenters. The van der Waals surface area contributed by atoms with Crippen LogP contribution in [0, 0.1) is 6.92 Å². The third kappa shape index (κ3) is 3.93. The summed E-state index contributed by atoms with van der Waals surface area (Å²) in [6.45, 7) is 5.66. The Bertz CT molecular complexity index is 676. The number of hydrogen-bond donors (Lipinski definition) is 0. The van der Waals surface area contributed by atoms with E-state index in [9.17, 15) is 8.42 Å². The van der Waals surface area contributed by atoms with E-state index in [0.717, 1.165) is 11.1 Å². The zero-order chi connectivity index (χ0) is 15.5. The second-order valence-corrected chi connectivity index (χ2v) is 6.84. The highest BCUT2D eigenvalue weighted by Crippen LogP contribution is 2.24. The summed E-state index contributed by atoms with van der Waals surface area (Å²) in [6.07, 6.45) is -0.432. The van der Waals surface area contributed by atoms with E-state index in [1.54, 1.807) is 31.2 Å². The highest BCUT2D eigenvalue weighted by molar-refractivity contribution is 7.86. The summed E-state index contributed by atoms with van der Waals surface area (Å²) in [7, 11) is -3.73. The molecule has 0 saturated carbocycles. The van der Waals surface area contributed by atoms with Crippen LogP contribution in [-0.2, 0) is 14.3 Å². The molecule has 0 radical (unpaired) electrons. The first-order valence-electron chi connectivity index (χ1n) is 6.95.